The fourth-order valence-electron chi connectivity index (χ4n) is 2.80. The van der Waals surface area contributed by atoms with Crippen LogP contribution in [0.3, 0.4) is 0 Å². The maximum Gasteiger partial charge on any atom is 0.243 e. The average Bonchev–Trinajstić information content (AvgIpc) is 3.02. The van der Waals surface area contributed by atoms with Crippen molar-refractivity contribution in [2.45, 2.75) is 26.4 Å². The molecule has 1 heterocycles. The fraction of sp³-hybridized carbons (Fsp3) is 0.238. The van der Waals surface area contributed by atoms with E-state index < -0.39 is 0 Å². The third kappa shape index (κ3) is 4.30. The summed E-state index contributed by atoms with van der Waals surface area (Å²) < 4.78 is 7.95. The molecule has 0 saturated carbocycles. The first-order valence-corrected chi connectivity index (χ1v) is 8.71. The Hall–Kier alpha value is -3.08. The van der Waals surface area contributed by atoms with Crippen molar-refractivity contribution < 1.29 is 9.53 Å². The van der Waals surface area contributed by atoms with E-state index in [1.165, 1.54) is 11.6 Å². The van der Waals surface area contributed by atoms with Crippen LogP contribution in [0.4, 0.5) is 0 Å². The van der Waals surface area contributed by atoms with E-state index in [1.54, 1.807) is 0 Å². The van der Waals surface area contributed by atoms with Crippen LogP contribution in [0, 0.1) is 6.92 Å². The second-order valence-corrected chi connectivity index (χ2v) is 6.11. The van der Waals surface area contributed by atoms with Crippen molar-refractivity contribution in [3.8, 4) is 5.75 Å². The molecular weight excluding hydrogens is 326 g/mol. The lowest BCUT2D eigenvalue weighted by Crippen LogP contribution is -2.22. The summed E-state index contributed by atoms with van der Waals surface area (Å²) in [6, 6.07) is 16.0. The molecule has 0 radical (unpaired) electrons. The highest BCUT2D eigenvalue weighted by Crippen LogP contribution is 2.17. The summed E-state index contributed by atoms with van der Waals surface area (Å²) in [6.07, 6.45) is 2.11. The second kappa shape index (κ2) is 8.34. The molecule has 0 aliphatic heterocycles. The number of benzene rings is 2. The molecule has 1 N–H and O–H groups in total. The normalized spacial score (nSPS) is 10.7. The summed E-state index contributed by atoms with van der Waals surface area (Å²) in [5.41, 5.74) is 3.20. The van der Waals surface area contributed by atoms with E-state index in [9.17, 15) is 4.79 Å². The lowest BCUT2D eigenvalue weighted by atomic mass is 10.2. The van der Waals surface area contributed by atoms with E-state index in [2.05, 4.69) is 28.4 Å². The molecule has 1 amide bonds. The van der Waals surface area contributed by atoms with Crippen LogP contribution in [0.25, 0.3) is 11.0 Å². The third-order valence-corrected chi connectivity index (χ3v) is 4.16. The molecule has 0 aliphatic rings. The number of nitrogens with zero attached hydrogens (tertiary/aromatic N) is 2. The van der Waals surface area contributed by atoms with E-state index >= 15 is 0 Å². The summed E-state index contributed by atoms with van der Waals surface area (Å²) in [4.78, 5) is 16.1. The van der Waals surface area contributed by atoms with Crippen LogP contribution in [0.15, 0.2) is 61.2 Å². The van der Waals surface area contributed by atoms with Crippen LogP contribution in [0.1, 0.15) is 17.8 Å². The first kappa shape index (κ1) is 17.7. The van der Waals surface area contributed by atoms with Crippen molar-refractivity contribution in [2.75, 3.05) is 6.61 Å². The fourth-order valence-corrected chi connectivity index (χ4v) is 2.80. The van der Waals surface area contributed by atoms with Gasteiger partial charge in [0, 0.05) is 6.54 Å². The van der Waals surface area contributed by atoms with Crippen LogP contribution in [0.2, 0.25) is 0 Å². The van der Waals surface area contributed by atoms with Crippen molar-refractivity contribution in [1.29, 1.82) is 0 Å². The smallest absolute Gasteiger partial charge is 0.243 e. The Bertz CT molecular complexity index is 897. The summed E-state index contributed by atoms with van der Waals surface area (Å²) in [6.45, 7) is 7.30. The van der Waals surface area contributed by atoms with Gasteiger partial charge in [-0.15, -0.1) is 0 Å². The standard InChI is InChI=1S/C21H23N3O2/c1-3-21(25)22-15-20-23-18-7-4-5-8-19(18)24(20)13-6-14-26-17-11-9-16(2)10-12-17/h3-5,7-12H,1,6,13-15H2,2H3,(H,22,25). The number of aromatic nitrogens is 2. The number of amides is 1. The molecule has 2 aromatic carbocycles. The van der Waals surface area contributed by atoms with Crippen LogP contribution in [0.5, 0.6) is 5.75 Å². The topological polar surface area (TPSA) is 56.2 Å². The van der Waals surface area contributed by atoms with Gasteiger partial charge in [0.2, 0.25) is 5.91 Å². The third-order valence-electron chi connectivity index (χ3n) is 4.16. The summed E-state index contributed by atoms with van der Waals surface area (Å²) in [5, 5.41) is 2.80. The molecule has 0 atom stereocenters. The first-order chi connectivity index (χ1) is 12.7. The zero-order valence-corrected chi connectivity index (χ0v) is 14.9. The highest BCUT2D eigenvalue weighted by molar-refractivity contribution is 5.86. The average molecular weight is 349 g/mol. The number of carbonyl (C=O) groups is 1. The Morgan fingerprint density at radius 2 is 2.00 bits per heavy atom. The van der Waals surface area contributed by atoms with Gasteiger partial charge >= 0.3 is 0 Å². The van der Waals surface area contributed by atoms with Gasteiger partial charge in [-0.1, -0.05) is 36.4 Å². The molecule has 0 unspecified atom stereocenters. The SMILES string of the molecule is C=CC(=O)NCc1nc2ccccc2n1CCCOc1ccc(C)cc1. The number of imidazole rings is 1. The van der Waals surface area contributed by atoms with Gasteiger partial charge in [0.05, 0.1) is 24.2 Å². The Morgan fingerprint density at radius 3 is 2.77 bits per heavy atom. The van der Waals surface area contributed by atoms with Gasteiger partial charge in [-0.3, -0.25) is 4.79 Å². The van der Waals surface area contributed by atoms with Gasteiger partial charge in [0.25, 0.3) is 0 Å². The van der Waals surface area contributed by atoms with E-state index in [0.717, 1.165) is 35.6 Å². The van der Waals surface area contributed by atoms with Crippen molar-refractivity contribution in [2.24, 2.45) is 0 Å². The number of carbonyl (C=O) groups excluding carboxylic acids is 1. The highest BCUT2D eigenvalue weighted by Gasteiger charge is 2.10. The number of hydrogen-bond donors (Lipinski definition) is 1. The van der Waals surface area contributed by atoms with Gasteiger partial charge in [-0.25, -0.2) is 4.98 Å². The predicted molar refractivity (Wildman–Crippen MR) is 103 cm³/mol. The van der Waals surface area contributed by atoms with Gasteiger partial charge < -0.3 is 14.6 Å². The number of ether oxygens (including phenoxy) is 1. The van der Waals surface area contributed by atoms with Gasteiger partial charge in [-0.05, 0) is 43.7 Å². The summed E-state index contributed by atoms with van der Waals surface area (Å²) in [7, 11) is 0. The van der Waals surface area contributed by atoms with Crippen LogP contribution >= 0.6 is 0 Å². The number of aryl methyl sites for hydroxylation is 2. The number of hydrogen-bond acceptors (Lipinski definition) is 3. The zero-order chi connectivity index (χ0) is 18.4. The Kier molecular flexibility index (Phi) is 5.69. The minimum atomic E-state index is -0.202. The molecule has 0 fully saturated rings. The van der Waals surface area contributed by atoms with E-state index in [4.69, 9.17) is 4.74 Å². The van der Waals surface area contributed by atoms with E-state index in [0.29, 0.717) is 13.2 Å². The molecule has 5 nitrogen and oxygen atoms in total. The molecule has 0 aliphatic carbocycles. The van der Waals surface area contributed by atoms with Gasteiger partial charge in [0.15, 0.2) is 0 Å². The van der Waals surface area contributed by atoms with Crippen molar-refractivity contribution in [3.05, 3.63) is 72.6 Å². The summed E-state index contributed by atoms with van der Waals surface area (Å²) >= 11 is 0. The lowest BCUT2D eigenvalue weighted by Gasteiger charge is -2.11. The Balaban J connectivity index is 1.66. The summed E-state index contributed by atoms with van der Waals surface area (Å²) in [5.74, 6) is 1.51. The second-order valence-electron chi connectivity index (χ2n) is 6.11. The molecule has 26 heavy (non-hydrogen) atoms. The van der Waals surface area contributed by atoms with Crippen LogP contribution in [-0.4, -0.2) is 22.1 Å². The van der Waals surface area contributed by atoms with E-state index in [-0.39, 0.29) is 5.91 Å². The monoisotopic (exact) mass is 349 g/mol. The zero-order valence-electron chi connectivity index (χ0n) is 14.9. The van der Waals surface area contributed by atoms with Gasteiger partial charge in [0.1, 0.15) is 11.6 Å². The minimum Gasteiger partial charge on any atom is -0.494 e. The highest BCUT2D eigenvalue weighted by atomic mass is 16.5. The maximum atomic E-state index is 11.5. The molecule has 1 aromatic heterocycles. The molecule has 5 heteroatoms. The minimum absolute atomic E-state index is 0.202. The molecule has 3 rings (SSSR count). The molecule has 0 bridgehead atoms. The largest absolute Gasteiger partial charge is 0.494 e. The Labute approximate surface area is 153 Å². The number of nitrogens with one attached hydrogen (secondary N) is 1. The quantitative estimate of drug-likeness (QED) is 0.499. The maximum absolute atomic E-state index is 11.5. The predicted octanol–water partition coefficient (Wildman–Crippen LogP) is 3.62. The van der Waals surface area contributed by atoms with Crippen LogP contribution in [-0.2, 0) is 17.9 Å². The number of rotatable bonds is 8. The van der Waals surface area contributed by atoms with Gasteiger partial charge in [-0.2, -0.15) is 0 Å². The molecular formula is C21H23N3O2. The molecule has 0 saturated heterocycles. The molecule has 3 aromatic rings. The van der Waals surface area contributed by atoms with Crippen molar-refractivity contribution >= 4 is 16.9 Å². The van der Waals surface area contributed by atoms with Crippen molar-refractivity contribution in [3.63, 3.8) is 0 Å². The van der Waals surface area contributed by atoms with Crippen molar-refractivity contribution in [1.82, 2.24) is 14.9 Å². The number of para-hydroxylation sites is 2. The first-order valence-electron chi connectivity index (χ1n) is 8.71. The number of fused-ring (bicyclic) bond motifs is 1. The van der Waals surface area contributed by atoms with E-state index in [1.807, 2.05) is 48.5 Å². The lowest BCUT2D eigenvalue weighted by molar-refractivity contribution is -0.116. The Morgan fingerprint density at radius 1 is 1.23 bits per heavy atom. The molecule has 0 spiro atoms. The van der Waals surface area contributed by atoms with Crippen LogP contribution < -0.4 is 10.1 Å². The molecule has 134 valence electrons.